The van der Waals surface area contributed by atoms with Crippen LogP contribution in [0.1, 0.15) is 18.1 Å². The molecule has 25 heavy (non-hydrogen) atoms. The van der Waals surface area contributed by atoms with Crippen LogP contribution in [-0.4, -0.2) is 25.6 Å². The molecule has 0 unspecified atom stereocenters. The number of carbonyl (C=O) groups excluding carboxylic acids is 1. The van der Waals surface area contributed by atoms with Crippen molar-refractivity contribution in [1.82, 2.24) is 0 Å². The van der Waals surface area contributed by atoms with Crippen LogP contribution in [-0.2, 0) is 9.53 Å². The molecule has 0 saturated heterocycles. The summed E-state index contributed by atoms with van der Waals surface area (Å²) in [4.78, 5) is 16.5. The van der Waals surface area contributed by atoms with Crippen LogP contribution in [0.5, 0.6) is 11.5 Å². The SMILES string of the molecule is CCOc1ccc(/C=C2/N=C(c3cc(Br)ccc3OC)OC2=O)cc1. The number of ether oxygens (including phenoxy) is 3. The third kappa shape index (κ3) is 3.91. The Morgan fingerprint density at radius 2 is 1.96 bits per heavy atom. The molecule has 0 N–H and O–H groups in total. The van der Waals surface area contributed by atoms with Crippen molar-refractivity contribution in [3.8, 4) is 11.5 Å². The number of cyclic esters (lactones) is 1. The zero-order valence-corrected chi connectivity index (χ0v) is 15.4. The molecule has 0 aromatic heterocycles. The molecule has 1 heterocycles. The Morgan fingerprint density at radius 1 is 1.20 bits per heavy atom. The number of carbonyl (C=O) groups is 1. The molecule has 5 nitrogen and oxygen atoms in total. The average Bonchev–Trinajstić information content (AvgIpc) is 2.97. The number of benzene rings is 2. The zero-order chi connectivity index (χ0) is 17.8. The summed E-state index contributed by atoms with van der Waals surface area (Å²) >= 11 is 3.40. The Bertz CT molecular complexity index is 856. The van der Waals surface area contributed by atoms with Crippen LogP contribution >= 0.6 is 15.9 Å². The minimum absolute atomic E-state index is 0.223. The van der Waals surface area contributed by atoms with Crippen molar-refractivity contribution in [2.45, 2.75) is 6.92 Å². The molecule has 0 amide bonds. The summed E-state index contributed by atoms with van der Waals surface area (Å²) in [5, 5.41) is 0. The van der Waals surface area contributed by atoms with E-state index in [0.29, 0.717) is 17.9 Å². The molecular formula is C19H16BrNO4. The predicted molar refractivity (Wildman–Crippen MR) is 98.9 cm³/mol. The second-order valence-corrected chi connectivity index (χ2v) is 6.10. The minimum atomic E-state index is -0.495. The smallest absolute Gasteiger partial charge is 0.363 e. The van der Waals surface area contributed by atoms with Crippen LogP contribution in [0, 0.1) is 0 Å². The highest BCUT2D eigenvalue weighted by molar-refractivity contribution is 9.10. The van der Waals surface area contributed by atoms with Crippen molar-refractivity contribution in [2.75, 3.05) is 13.7 Å². The van der Waals surface area contributed by atoms with Crippen molar-refractivity contribution in [1.29, 1.82) is 0 Å². The van der Waals surface area contributed by atoms with Crippen LogP contribution in [0.4, 0.5) is 0 Å². The molecular weight excluding hydrogens is 386 g/mol. The maximum atomic E-state index is 12.1. The lowest BCUT2D eigenvalue weighted by Crippen LogP contribution is -2.07. The standard InChI is InChI=1S/C19H16BrNO4/c1-3-24-14-7-4-12(5-8-14)10-16-19(22)25-18(21-16)15-11-13(20)6-9-17(15)23-2/h4-11H,3H2,1-2H3/b16-10+. The first-order valence-electron chi connectivity index (χ1n) is 7.70. The fourth-order valence-electron chi connectivity index (χ4n) is 2.36. The van der Waals surface area contributed by atoms with Crippen molar-refractivity contribution in [3.05, 3.63) is 63.8 Å². The van der Waals surface area contributed by atoms with E-state index in [0.717, 1.165) is 15.8 Å². The molecule has 0 bridgehead atoms. The third-order valence-corrected chi connectivity index (χ3v) is 4.00. The lowest BCUT2D eigenvalue weighted by Gasteiger charge is -2.07. The summed E-state index contributed by atoms with van der Waals surface area (Å²) in [5.41, 5.74) is 1.68. The average molecular weight is 402 g/mol. The van der Waals surface area contributed by atoms with Gasteiger partial charge in [-0.3, -0.25) is 0 Å². The Balaban J connectivity index is 1.91. The minimum Gasteiger partial charge on any atom is -0.496 e. The Morgan fingerprint density at radius 3 is 2.64 bits per heavy atom. The van der Waals surface area contributed by atoms with Gasteiger partial charge < -0.3 is 14.2 Å². The van der Waals surface area contributed by atoms with E-state index in [1.807, 2.05) is 37.3 Å². The molecule has 0 atom stereocenters. The molecule has 1 aliphatic rings. The number of halogens is 1. The first-order valence-corrected chi connectivity index (χ1v) is 8.49. The molecule has 1 aliphatic heterocycles. The first kappa shape index (κ1) is 17.2. The number of methoxy groups -OCH3 is 1. The predicted octanol–water partition coefficient (Wildman–Crippen LogP) is 4.20. The fourth-order valence-corrected chi connectivity index (χ4v) is 2.72. The van der Waals surface area contributed by atoms with Crippen molar-refractivity contribution in [3.63, 3.8) is 0 Å². The van der Waals surface area contributed by atoms with Gasteiger partial charge in [-0.2, -0.15) is 0 Å². The normalized spacial score (nSPS) is 15.1. The molecule has 2 aromatic carbocycles. The summed E-state index contributed by atoms with van der Waals surface area (Å²) in [6.07, 6.45) is 1.68. The van der Waals surface area contributed by atoms with E-state index in [2.05, 4.69) is 20.9 Å². The van der Waals surface area contributed by atoms with Gasteiger partial charge in [0.2, 0.25) is 5.90 Å². The topological polar surface area (TPSA) is 57.1 Å². The monoisotopic (exact) mass is 401 g/mol. The Kier molecular flexibility index (Phi) is 5.19. The van der Waals surface area contributed by atoms with E-state index in [4.69, 9.17) is 14.2 Å². The summed E-state index contributed by atoms with van der Waals surface area (Å²) in [5.74, 6) is 1.09. The quantitative estimate of drug-likeness (QED) is 0.556. The Labute approximate surface area is 154 Å². The summed E-state index contributed by atoms with van der Waals surface area (Å²) < 4.78 is 16.9. The van der Waals surface area contributed by atoms with Crippen LogP contribution in [0.25, 0.3) is 6.08 Å². The highest BCUT2D eigenvalue weighted by atomic mass is 79.9. The van der Waals surface area contributed by atoms with Gasteiger partial charge in [-0.05, 0) is 48.9 Å². The summed E-state index contributed by atoms with van der Waals surface area (Å²) in [6.45, 7) is 2.53. The molecule has 2 aromatic rings. The molecule has 0 saturated carbocycles. The van der Waals surface area contributed by atoms with Gasteiger partial charge in [0.25, 0.3) is 0 Å². The Hall–Kier alpha value is -2.60. The molecule has 128 valence electrons. The molecule has 0 radical (unpaired) electrons. The third-order valence-electron chi connectivity index (χ3n) is 3.51. The van der Waals surface area contributed by atoms with Crippen LogP contribution in [0.15, 0.2) is 57.6 Å². The van der Waals surface area contributed by atoms with E-state index in [-0.39, 0.29) is 11.6 Å². The van der Waals surface area contributed by atoms with E-state index in [9.17, 15) is 4.79 Å². The number of esters is 1. The van der Waals surface area contributed by atoms with Gasteiger partial charge in [0.1, 0.15) is 11.5 Å². The first-order chi connectivity index (χ1) is 12.1. The molecule has 0 spiro atoms. The summed E-state index contributed by atoms with van der Waals surface area (Å²) in [7, 11) is 1.56. The number of aliphatic imine (C=N–C) groups is 1. The van der Waals surface area contributed by atoms with Crippen LogP contribution < -0.4 is 9.47 Å². The number of hydrogen-bond acceptors (Lipinski definition) is 5. The van der Waals surface area contributed by atoms with Crippen LogP contribution in [0.3, 0.4) is 0 Å². The van der Waals surface area contributed by atoms with Crippen molar-refractivity contribution in [2.24, 2.45) is 4.99 Å². The number of nitrogens with zero attached hydrogens (tertiary/aromatic N) is 1. The van der Waals surface area contributed by atoms with Crippen molar-refractivity contribution >= 4 is 33.9 Å². The van der Waals surface area contributed by atoms with E-state index < -0.39 is 5.97 Å². The molecule has 0 aliphatic carbocycles. The second-order valence-electron chi connectivity index (χ2n) is 5.18. The maximum Gasteiger partial charge on any atom is 0.363 e. The van der Waals surface area contributed by atoms with E-state index in [1.54, 1.807) is 25.3 Å². The highest BCUT2D eigenvalue weighted by Gasteiger charge is 2.26. The second kappa shape index (κ2) is 7.53. The van der Waals surface area contributed by atoms with Gasteiger partial charge >= 0.3 is 5.97 Å². The van der Waals surface area contributed by atoms with Gasteiger partial charge in [-0.25, -0.2) is 9.79 Å². The number of hydrogen-bond donors (Lipinski definition) is 0. The molecule has 0 fully saturated rings. The van der Waals surface area contributed by atoms with Crippen molar-refractivity contribution < 1.29 is 19.0 Å². The van der Waals surface area contributed by atoms with Crippen LogP contribution in [0.2, 0.25) is 0 Å². The summed E-state index contributed by atoms with van der Waals surface area (Å²) in [6, 6.07) is 12.8. The van der Waals surface area contributed by atoms with Gasteiger partial charge in [-0.1, -0.05) is 28.1 Å². The zero-order valence-electron chi connectivity index (χ0n) is 13.8. The fraction of sp³-hybridized carbons (Fsp3) is 0.158. The van der Waals surface area contributed by atoms with Gasteiger partial charge in [0, 0.05) is 4.47 Å². The lowest BCUT2D eigenvalue weighted by molar-refractivity contribution is -0.129. The van der Waals surface area contributed by atoms with E-state index in [1.165, 1.54) is 0 Å². The highest BCUT2D eigenvalue weighted by Crippen LogP contribution is 2.28. The van der Waals surface area contributed by atoms with E-state index >= 15 is 0 Å². The van der Waals surface area contributed by atoms with Gasteiger partial charge in [0.15, 0.2) is 5.70 Å². The molecule has 6 heteroatoms. The largest absolute Gasteiger partial charge is 0.496 e. The van der Waals surface area contributed by atoms with Gasteiger partial charge in [-0.15, -0.1) is 0 Å². The van der Waals surface area contributed by atoms with Gasteiger partial charge in [0.05, 0.1) is 19.3 Å². The lowest BCUT2D eigenvalue weighted by atomic mass is 10.2. The maximum absolute atomic E-state index is 12.1. The number of rotatable bonds is 5. The molecule has 3 rings (SSSR count).